The molecule has 1 aromatic heterocycles. The fourth-order valence-corrected chi connectivity index (χ4v) is 3.65. The Hall–Kier alpha value is -1.69. The Labute approximate surface area is 150 Å². The first-order valence-electron chi connectivity index (χ1n) is 8.37. The van der Waals surface area contributed by atoms with E-state index in [9.17, 15) is 4.79 Å². The summed E-state index contributed by atoms with van der Waals surface area (Å²) in [5.74, 6) is 1.48. The minimum Gasteiger partial charge on any atom is -0.467 e. The van der Waals surface area contributed by atoms with Gasteiger partial charge in [-0.05, 0) is 36.5 Å². The van der Waals surface area contributed by atoms with Crippen LogP contribution < -0.4 is 10.1 Å². The average Bonchev–Trinajstić information content (AvgIpc) is 2.57. The third-order valence-corrected chi connectivity index (χ3v) is 5.45. The number of hydrogen-bond acceptors (Lipinski definition) is 4. The number of aromatic nitrogens is 2. The Kier molecular flexibility index (Phi) is 5.33. The smallest absolute Gasteiger partial charge is 0.258 e. The molecule has 0 spiro atoms. The van der Waals surface area contributed by atoms with E-state index in [1.165, 1.54) is 19.2 Å². The first-order valence-corrected chi connectivity index (χ1v) is 9.16. The van der Waals surface area contributed by atoms with Gasteiger partial charge in [-0.1, -0.05) is 42.6 Å². The number of hydrogen-bond donors (Lipinski definition) is 1. The molecule has 128 valence electrons. The van der Waals surface area contributed by atoms with Crippen LogP contribution in [-0.2, 0) is 4.79 Å². The summed E-state index contributed by atoms with van der Waals surface area (Å²) in [5, 5.41) is 3.90. The molecule has 2 aromatic rings. The fourth-order valence-electron chi connectivity index (χ4n) is 3.29. The molecular formula is C18H22BrN3O2. The molecule has 0 bridgehead atoms. The lowest BCUT2D eigenvalue weighted by Gasteiger charge is -2.34. The third-order valence-electron chi connectivity index (χ3n) is 4.95. The number of rotatable bonds is 4. The van der Waals surface area contributed by atoms with Crippen LogP contribution in [0.25, 0.3) is 10.9 Å². The molecule has 0 radical (unpaired) electrons. The van der Waals surface area contributed by atoms with Crippen molar-refractivity contribution in [3.63, 3.8) is 0 Å². The van der Waals surface area contributed by atoms with E-state index in [2.05, 4.69) is 45.1 Å². The molecule has 3 rings (SSSR count). The molecule has 1 aliphatic rings. The molecule has 0 aliphatic heterocycles. The van der Waals surface area contributed by atoms with Crippen LogP contribution in [0.5, 0.6) is 5.88 Å². The molecule has 1 aliphatic carbocycles. The SMILES string of the molecule is C[C@H]1[C@H](C)CCC[C@H]1NC(=O)COc1ncnc2ccc(Br)cc12. The minimum absolute atomic E-state index is 0.0315. The van der Waals surface area contributed by atoms with Gasteiger partial charge in [-0.15, -0.1) is 0 Å². The van der Waals surface area contributed by atoms with E-state index in [4.69, 9.17) is 4.74 Å². The van der Waals surface area contributed by atoms with Crippen LogP contribution in [0.15, 0.2) is 29.0 Å². The molecule has 1 heterocycles. The van der Waals surface area contributed by atoms with Crippen molar-refractivity contribution in [2.24, 2.45) is 11.8 Å². The summed E-state index contributed by atoms with van der Waals surface area (Å²) < 4.78 is 6.58. The zero-order valence-electron chi connectivity index (χ0n) is 14.0. The standard InChI is InChI=1S/C18H22BrN3O2/c1-11-4-3-5-15(12(11)2)22-17(23)9-24-18-14-8-13(19)6-7-16(14)20-10-21-18/h6-8,10-12,15H,3-5,9H2,1-2H3,(H,22,23)/t11-,12+,15-/m1/s1. The van der Waals surface area contributed by atoms with Crippen molar-refractivity contribution in [3.05, 3.63) is 29.0 Å². The molecule has 1 amide bonds. The van der Waals surface area contributed by atoms with Crippen molar-refractivity contribution in [2.75, 3.05) is 6.61 Å². The summed E-state index contributed by atoms with van der Waals surface area (Å²) in [6.07, 6.45) is 4.91. The Morgan fingerprint density at radius 2 is 2.17 bits per heavy atom. The molecular weight excluding hydrogens is 370 g/mol. The zero-order valence-corrected chi connectivity index (χ0v) is 15.5. The summed E-state index contributed by atoms with van der Waals surface area (Å²) in [7, 11) is 0. The van der Waals surface area contributed by atoms with Gasteiger partial charge in [-0.25, -0.2) is 9.97 Å². The number of benzene rings is 1. The van der Waals surface area contributed by atoms with Crippen LogP contribution >= 0.6 is 15.9 Å². The first-order chi connectivity index (χ1) is 11.5. The topological polar surface area (TPSA) is 64.1 Å². The van der Waals surface area contributed by atoms with Gasteiger partial charge in [-0.2, -0.15) is 0 Å². The lowest BCUT2D eigenvalue weighted by atomic mass is 9.78. The van der Waals surface area contributed by atoms with E-state index in [1.54, 1.807) is 0 Å². The lowest BCUT2D eigenvalue weighted by molar-refractivity contribution is -0.124. The van der Waals surface area contributed by atoms with Gasteiger partial charge in [0.25, 0.3) is 5.91 Å². The highest BCUT2D eigenvalue weighted by Gasteiger charge is 2.28. The van der Waals surface area contributed by atoms with Crippen molar-refractivity contribution in [1.82, 2.24) is 15.3 Å². The number of amides is 1. The van der Waals surface area contributed by atoms with Crippen molar-refractivity contribution in [1.29, 1.82) is 0 Å². The molecule has 1 fully saturated rings. The van der Waals surface area contributed by atoms with Gasteiger partial charge >= 0.3 is 0 Å². The van der Waals surface area contributed by atoms with Gasteiger partial charge in [0, 0.05) is 10.5 Å². The van der Waals surface area contributed by atoms with E-state index in [0.717, 1.165) is 21.8 Å². The number of fused-ring (bicyclic) bond motifs is 1. The Morgan fingerprint density at radius 3 is 3.00 bits per heavy atom. The second-order valence-corrected chi connectivity index (χ2v) is 7.49. The number of carbonyl (C=O) groups excluding carboxylic acids is 1. The maximum absolute atomic E-state index is 12.3. The Bertz CT molecular complexity index is 737. The molecule has 0 saturated heterocycles. The van der Waals surface area contributed by atoms with Gasteiger partial charge in [0.1, 0.15) is 6.33 Å². The van der Waals surface area contributed by atoms with Crippen molar-refractivity contribution in [2.45, 2.75) is 39.2 Å². The summed E-state index contributed by atoms with van der Waals surface area (Å²) in [6, 6.07) is 5.94. The third kappa shape index (κ3) is 3.86. The van der Waals surface area contributed by atoms with Crippen molar-refractivity contribution < 1.29 is 9.53 Å². The number of nitrogens with zero attached hydrogens (tertiary/aromatic N) is 2. The van der Waals surface area contributed by atoms with Gasteiger partial charge in [0.15, 0.2) is 6.61 Å². The summed E-state index contributed by atoms with van der Waals surface area (Å²) in [4.78, 5) is 20.6. The van der Waals surface area contributed by atoms with E-state index < -0.39 is 0 Å². The molecule has 0 unspecified atom stereocenters. The zero-order chi connectivity index (χ0) is 17.1. The molecule has 3 atom stereocenters. The summed E-state index contributed by atoms with van der Waals surface area (Å²) in [5.41, 5.74) is 0.790. The molecule has 5 nitrogen and oxygen atoms in total. The number of nitrogens with one attached hydrogen (secondary N) is 1. The van der Waals surface area contributed by atoms with E-state index in [0.29, 0.717) is 17.7 Å². The Morgan fingerprint density at radius 1 is 1.33 bits per heavy atom. The van der Waals surface area contributed by atoms with Gasteiger partial charge < -0.3 is 10.1 Å². The molecule has 24 heavy (non-hydrogen) atoms. The van der Waals surface area contributed by atoms with Gasteiger partial charge in [-0.3, -0.25) is 4.79 Å². The number of ether oxygens (including phenoxy) is 1. The van der Waals surface area contributed by atoms with Gasteiger partial charge in [0.2, 0.25) is 5.88 Å². The van der Waals surface area contributed by atoms with Gasteiger partial charge in [0.05, 0.1) is 10.9 Å². The minimum atomic E-state index is -0.0947. The van der Waals surface area contributed by atoms with Crippen LogP contribution in [-0.4, -0.2) is 28.5 Å². The molecule has 1 N–H and O–H groups in total. The highest BCUT2D eigenvalue weighted by molar-refractivity contribution is 9.10. The fraction of sp³-hybridized carbons (Fsp3) is 0.500. The summed E-state index contributed by atoms with van der Waals surface area (Å²) >= 11 is 3.43. The quantitative estimate of drug-likeness (QED) is 0.862. The second-order valence-electron chi connectivity index (χ2n) is 6.57. The van der Waals surface area contributed by atoms with Crippen molar-refractivity contribution in [3.8, 4) is 5.88 Å². The van der Waals surface area contributed by atoms with E-state index >= 15 is 0 Å². The molecule has 1 aromatic carbocycles. The van der Waals surface area contributed by atoms with Crippen LogP contribution in [0.2, 0.25) is 0 Å². The van der Waals surface area contributed by atoms with Crippen LogP contribution in [0, 0.1) is 11.8 Å². The highest BCUT2D eigenvalue weighted by atomic mass is 79.9. The monoisotopic (exact) mass is 391 g/mol. The maximum Gasteiger partial charge on any atom is 0.258 e. The first kappa shape index (κ1) is 17.1. The number of carbonyl (C=O) groups is 1. The number of halogens is 1. The predicted molar refractivity (Wildman–Crippen MR) is 96.8 cm³/mol. The van der Waals surface area contributed by atoms with Crippen LogP contribution in [0.1, 0.15) is 33.1 Å². The summed E-state index contributed by atoms with van der Waals surface area (Å²) in [6.45, 7) is 4.44. The Balaban J connectivity index is 1.63. The van der Waals surface area contributed by atoms with Crippen LogP contribution in [0.3, 0.4) is 0 Å². The van der Waals surface area contributed by atoms with E-state index in [-0.39, 0.29) is 18.6 Å². The van der Waals surface area contributed by atoms with Crippen LogP contribution in [0.4, 0.5) is 0 Å². The highest BCUT2D eigenvalue weighted by Crippen LogP contribution is 2.29. The van der Waals surface area contributed by atoms with E-state index in [1.807, 2.05) is 18.2 Å². The lowest BCUT2D eigenvalue weighted by Crippen LogP contribution is -2.45. The normalized spacial score (nSPS) is 23.9. The maximum atomic E-state index is 12.3. The average molecular weight is 392 g/mol. The largest absolute Gasteiger partial charge is 0.467 e. The second kappa shape index (κ2) is 7.47. The van der Waals surface area contributed by atoms with Crippen molar-refractivity contribution >= 4 is 32.7 Å². The molecule has 1 saturated carbocycles. The molecule has 6 heteroatoms. The predicted octanol–water partition coefficient (Wildman–Crippen LogP) is 3.71.